The number of phenols is 1. The van der Waals surface area contributed by atoms with Gasteiger partial charge in [0.15, 0.2) is 11.2 Å². The summed E-state index contributed by atoms with van der Waals surface area (Å²) < 4.78 is 24.8. The minimum Gasteiger partial charge on any atom is -0.507 e. The molecule has 4 heterocycles. The Labute approximate surface area is 296 Å². The van der Waals surface area contributed by atoms with Crippen molar-refractivity contribution in [1.29, 1.82) is 0 Å². The first-order valence-corrected chi connectivity index (χ1v) is 17.6. The van der Waals surface area contributed by atoms with Gasteiger partial charge in [0.25, 0.3) is 0 Å². The molecule has 0 bridgehead atoms. The van der Waals surface area contributed by atoms with Gasteiger partial charge in [0.1, 0.15) is 22.7 Å². The molecule has 3 aromatic rings. The number of hydrogen-bond acceptors (Lipinski definition) is 12. The molecule has 0 unspecified atom stereocenters. The number of hydrogen-bond donors (Lipinski definition) is 3. The number of rotatable bonds is 5. The lowest BCUT2D eigenvalue weighted by Gasteiger charge is -2.49. The fraction of sp³-hybridized carbons (Fsp3) is 0.564. The lowest BCUT2D eigenvalue weighted by atomic mass is 9.74. The van der Waals surface area contributed by atoms with Crippen LogP contribution in [0.3, 0.4) is 0 Å². The molecule has 4 aliphatic rings. The van der Waals surface area contributed by atoms with Gasteiger partial charge in [-0.2, -0.15) is 0 Å². The van der Waals surface area contributed by atoms with Crippen molar-refractivity contribution in [2.24, 2.45) is 0 Å². The number of aliphatic hydroxyl groups excluding tert-OH is 2. The number of fused-ring (bicyclic) bond motifs is 4. The van der Waals surface area contributed by atoms with Crippen LogP contribution in [0.25, 0.3) is 11.0 Å². The first kappa shape index (κ1) is 35.9. The number of benzene rings is 2. The summed E-state index contributed by atoms with van der Waals surface area (Å²) in [5.41, 5.74) is -1.17. The second-order valence-electron chi connectivity index (χ2n) is 15.8. The third-order valence-corrected chi connectivity index (χ3v) is 12.3. The Hall–Kier alpha value is -3.49. The normalized spacial score (nSPS) is 35.0. The highest BCUT2D eigenvalue weighted by molar-refractivity contribution is 6.33. The molecule has 274 valence electrons. The molecule has 0 radical (unpaired) electrons. The van der Waals surface area contributed by atoms with Gasteiger partial charge in [0.05, 0.1) is 59.2 Å². The van der Waals surface area contributed by atoms with Crippen LogP contribution in [-0.2, 0) is 19.8 Å². The van der Waals surface area contributed by atoms with Gasteiger partial charge in [-0.05, 0) is 106 Å². The number of nitrogens with zero attached hydrogens (tertiary/aromatic N) is 2. The molecule has 7 rings (SSSR count). The van der Waals surface area contributed by atoms with E-state index in [1.165, 1.54) is 12.1 Å². The van der Waals surface area contributed by atoms with E-state index in [2.05, 4.69) is 0 Å². The molecular weight excluding hydrogens is 656 g/mol. The molecule has 1 aliphatic carbocycles. The lowest BCUT2D eigenvalue weighted by molar-refractivity contribution is -0.176. The predicted molar refractivity (Wildman–Crippen MR) is 187 cm³/mol. The highest BCUT2D eigenvalue weighted by Crippen LogP contribution is 2.50. The van der Waals surface area contributed by atoms with Gasteiger partial charge < -0.3 is 43.7 Å². The van der Waals surface area contributed by atoms with Crippen molar-refractivity contribution in [1.82, 2.24) is 9.80 Å². The van der Waals surface area contributed by atoms with Crippen LogP contribution in [0.1, 0.15) is 114 Å². The highest BCUT2D eigenvalue weighted by Gasteiger charge is 2.54. The van der Waals surface area contributed by atoms with Crippen molar-refractivity contribution in [3.8, 4) is 5.75 Å². The summed E-state index contributed by atoms with van der Waals surface area (Å²) in [4.78, 5) is 47.2. The Bertz CT molecular complexity index is 2040. The van der Waals surface area contributed by atoms with Gasteiger partial charge in [-0.15, -0.1) is 0 Å². The van der Waals surface area contributed by atoms with Crippen LogP contribution in [-0.4, -0.2) is 107 Å². The summed E-state index contributed by atoms with van der Waals surface area (Å²) in [6.45, 7) is 10.8. The number of epoxide rings is 1. The van der Waals surface area contributed by atoms with Gasteiger partial charge in [0.2, 0.25) is 5.78 Å². The fourth-order valence-electron chi connectivity index (χ4n) is 8.50. The maximum absolute atomic E-state index is 15.0. The molecule has 3 N–H and O–H groups in total. The van der Waals surface area contributed by atoms with Crippen molar-refractivity contribution in [3.63, 3.8) is 0 Å². The number of phenolic OH excluding ortho intramolecular Hbond substituents is 1. The van der Waals surface area contributed by atoms with Crippen molar-refractivity contribution in [2.45, 2.75) is 114 Å². The van der Waals surface area contributed by atoms with E-state index >= 15 is 0 Å². The molecule has 1 aromatic heterocycles. The molecule has 0 saturated carbocycles. The average Bonchev–Trinajstić information content (AvgIpc) is 3.69. The summed E-state index contributed by atoms with van der Waals surface area (Å²) >= 11 is 0. The Morgan fingerprint density at radius 1 is 0.843 bits per heavy atom. The van der Waals surface area contributed by atoms with Crippen molar-refractivity contribution < 1.29 is 43.5 Å². The zero-order valence-electron chi connectivity index (χ0n) is 30.9. The number of aromatic hydroxyl groups is 1. The van der Waals surface area contributed by atoms with E-state index in [0.717, 1.165) is 0 Å². The van der Waals surface area contributed by atoms with Crippen LogP contribution in [0.15, 0.2) is 27.4 Å². The number of likely N-dealkylation sites (N-methyl/N-ethyl adjacent to an activating group) is 2. The van der Waals surface area contributed by atoms with E-state index < -0.39 is 65.1 Å². The molecular formula is C39H48N2O10. The van der Waals surface area contributed by atoms with Gasteiger partial charge >= 0.3 is 0 Å². The maximum atomic E-state index is 15.0. The van der Waals surface area contributed by atoms with E-state index in [1.54, 1.807) is 33.8 Å². The van der Waals surface area contributed by atoms with Gasteiger partial charge in [-0.25, -0.2) is 0 Å². The first-order valence-electron chi connectivity index (χ1n) is 17.6. The maximum Gasteiger partial charge on any atom is 0.202 e. The standard InChI is InChI=1S/C39H48N2O10/c1-16-11-22-30(36-28(16)24(42)14-27(50-36)39(6)19(4)51-39)35(46)31-29(34(22)45)20(25-13-23(40(7)8)32(43)17(2)48-25)12-21(33(31)44)26-15-38(5,41(9)10)37(47)18(3)49-26/h11-12,14,17-19,23,25-26,32,37,43-44,47H,13,15H2,1-10H3/t17-,18+,19+,23+,25-,26-,32-,37-,38+,39+/m1/s1. The number of ether oxygens (including phenoxy) is 3. The van der Waals surface area contributed by atoms with Crippen molar-refractivity contribution in [3.05, 3.63) is 73.1 Å². The van der Waals surface area contributed by atoms with E-state index in [1.807, 2.05) is 51.8 Å². The van der Waals surface area contributed by atoms with Crippen LogP contribution in [0.5, 0.6) is 5.75 Å². The number of aryl methyl sites for hydroxylation is 1. The largest absolute Gasteiger partial charge is 0.507 e. The molecule has 3 aliphatic heterocycles. The van der Waals surface area contributed by atoms with Gasteiger partial charge in [0, 0.05) is 34.3 Å². The SMILES string of the molecule is Cc1cc2c(c3oc([C@@]4(C)O[C@H]4C)cc(=O)c13)C(=O)c1c(O)c([C@H]3C[C@](C)(N(C)C)[C@H](O)[C@H](C)O3)cc([C@H]3C[C@H](N(C)C)[C@H](O)[C@@H](C)O3)c1C2=O. The minimum absolute atomic E-state index is 0.00229. The highest BCUT2D eigenvalue weighted by atomic mass is 16.6. The van der Waals surface area contributed by atoms with Crippen LogP contribution in [0, 0.1) is 6.92 Å². The molecule has 0 spiro atoms. The summed E-state index contributed by atoms with van der Waals surface area (Å²) in [6.07, 6.45) is -4.11. The second-order valence-corrected chi connectivity index (χ2v) is 15.8. The Morgan fingerprint density at radius 2 is 1.49 bits per heavy atom. The molecule has 2 aromatic carbocycles. The van der Waals surface area contributed by atoms with Crippen molar-refractivity contribution >= 4 is 22.5 Å². The number of carbonyl (C=O) groups is 2. The number of carbonyl (C=O) groups excluding carboxylic acids is 2. The molecule has 10 atom stereocenters. The molecule has 3 fully saturated rings. The Morgan fingerprint density at radius 3 is 2.10 bits per heavy atom. The lowest BCUT2D eigenvalue weighted by Crippen LogP contribution is -2.59. The molecule has 3 saturated heterocycles. The van der Waals surface area contributed by atoms with E-state index in [4.69, 9.17) is 18.6 Å². The molecule has 12 nitrogen and oxygen atoms in total. The summed E-state index contributed by atoms with van der Waals surface area (Å²) in [5.74, 6) is -1.37. The van der Waals surface area contributed by atoms with Crippen molar-refractivity contribution in [2.75, 3.05) is 28.2 Å². The molecule has 12 heteroatoms. The van der Waals surface area contributed by atoms with Crippen LogP contribution in [0.2, 0.25) is 0 Å². The van der Waals surface area contributed by atoms with E-state index in [9.17, 15) is 29.7 Å². The Balaban J connectivity index is 1.49. The average molecular weight is 705 g/mol. The van der Waals surface area contributed by atoms with E-state index in [-0.39, 0.29) is 68.5 Å². The molecule has 51 heavy (non-hydrogen) atoms. The summed E-state index contributed by atoms with van der Waals surface area (Å²) in [7, 11) is 7.45. The first-order chi connectivity index (χ1) is 23.8. The predicted octanol–water partition coefficient (Wildman–Crippen LogP) is 3.89. The smallest absolute Gasteiger partial charge is 0.202 e. The number of ketones is 2. The molecule has 0 amide bonds. The third-order valence-electron chi connectivity index (χ3n) is 12.3. The number of aliphatic hydroxyl groups is 2. The van der Waals surface area contributed by atoms with Gasteiger partial charge in [-0.1, -0.05) is 0 Å². The fourth-order valence-corrected chi connectivity index (χ4v) is 8.50. The van der Waals surface area contributed by atoms with Crippen LogP contribution >= 0.6 is 0 Å². The second kappa shape index (κ2) is 12.0. The third kappa shape index (κ3) is 5.25. The quantitative estimate of drug-likeness (QED) is 0.258. The topological polar surface area (TPSA) is 163 Å². The van der Waals surface area contributed by atoms with Crippen LogP contribution in [0.4, 0.5) is 0 Å². The monoisotopic (exact) mass is 704 g/mol. The summed E-state index contributed by atoms with van der Waals surface area (Å²) in [5, 5.41) is 34.6. The van der Waals surface area contributed by atoms with Crippen LogP contribution < -0.4 is 5.43 Å². The Kier molecular flexibility index (Phi) is 8.46. The minimum atomic E-state index is -0.868. The zero-order chi connectivity index (χ0) is 37.2. The summed E-state index contributed by atoms with van der Waals surface area (Å²) in [6, 6.07) is 4.27. The zero-order valence-corrected chi connectivity index (χ0v) is 30.9. The van der Waals surface area contributed by atoms with Gasteiger partial charge in [-0.3, -0.25) is 14.4 Å². The van der Waals surface area contributed by atoms with E-state index in [0.29, 0.717) is 17.5 Å².